The van der Waals surface area contributed by atoms with E-state index >= 15 is 0 Å². The number of methoxy groups -OCH3 is 2. The van der Waals surface area contributed by atoms with E-state index < -0.39 is 11.9 Å². The smallest absolute Gasteiger partial charge is 0.337 e. The van der Waals surface area contributed by atoms with Crippen molar-refractivity contribution in [2.24, 2.45) is 0 Å². The van der Waals surface area contributed by atoms with Crippen molar-refractivity contribution in [2.75, 3.05) is 19.5 Å². The maximum Gasteiger partial charge on any atom is 0.337 e. The van der Waals surface area contributed by atoms with Crippen LogP contribution in [0.25, 0.3) is 6.08 Å². The van der Waals surface area contributed by atoms with Crippen molar-refractivity contribution in [3.63, 3.8) is 0 Å². The van der Waals surface area contributed by atoms with Gasteiger partial charge in [-0.05, 0) is 54.1 Å². The highest BCUT2D eigenvalue weighted by molar-refractivity contribution is 6.09. The lowest BCUT2D eigenvalue weighted by atomic mass is 10.1. The predicted molar refractivity (Wildman–Crippen MR) is 124 cm³/mol. The number of nitrogens with one attached hydrogen (secondary N) is 1. The molecule has 3 aromatic carbocycles. The van der Waals surface area contributed by atoms with Gasteiger partial charge in [-0.1, -0.05) is 30.3 Å². The second kappa shape index (κ2) is 11.2. The fourth-order valence-corrected chi connectivity index (χ4v) is 2.92. The van der Waals surface area contributed by atoms with Gasteiger partial charge in [0.25, 0.3) is 5.91 Å². The third-order valence-corrected chi connectivity index (χ3v) is 4.70. The predicted octanol–water partition coefficient (Wildman–Crippen LogP) is 4.61. The highest BCUT2D eigenvalue weighted by atomic mass is 16.5. The van der Waals surface area contributed by atoms with Crippen molar-refractivity contribution in [1.82, 2.24) is 0 Å². The molecule has 33 heavy (non-hydrogen) atoms. The van der Waals surface area contributed by atoms with Gasteiger partial charge in [0.05, 0.1) is 19.8 Å². The van der Waals surface area contributed by atoms with Gasteiger partial charge in [0.1, 0.15) is 29.7 Å². The maximum absolute atomic E-state index is 12.6. The Morgan fingerprint density at radius 1 is 0.970 bits per heavy atom. The van der Waals surface area contributed by atoms with Crippen LogP contribution in [0.15, 0.2) is 78.4 Å². The Labute approximate surface area is 191 Å². The van der Waals surface area contributed by atoms with Crippen molar-refractivity contribution < 1.29 is 23.8 Å². The van der Waals surface area contributed by atoms with Crippen molar-refractivity contribution in [1.29, 1.82) is 5.26 Å². The summed E-state index contributed by atoms with van der Waals surface area (Å²) in [7, 11) is 2.89. The minimum absolute atomic E-state index is 0.0655. The molecule has 0 fully saturated rings. The van der Waals surface area contributed by atoms with Gasteiger partial charge >= 0.3 is 5.97 Å². The molecule has 0 unspecified atom stereocenters. The number of esters is 1. The zero-order valence-electron chi connectivity index (χ0n) is 18.2. The molecular weight excluding hydrogens is 420 g/mol. The lowest BCUT2D eigenvalue weighted by Gasteiger charge is -2.10. The third-order valence-electron chi connectivity index (χ3n) is 4.70. The zero-order chi connectivity index (χ0) is 23.6. The Balaban J connectivity index is 1.72. The molecule has 0 aliphatic heterocycles. The second-order valence-electron chi connectivity index (χ2n) is 6.87. The van der Waals surface area contributed by atoms with Gasteiger partial charge in [0.15, 0.2) is 0 Å². The molecule has 0 atom stereocenters. The molecule has 7 nitrogen and oxygen atoms in total. The van der Waals surface area contributed by atoms with E-state index in [-0.39, 0.29) is 12.2 Å². The molecule has 3 aromatic rings. The highest BCUT2D eigenvalue weighted by Gasteiger charge is 2.12. The molecule has 0 aliphatic rings. The highest BCUT2D eigenvalue weighted by Crippen LogP contribution is 2.23. The van der Waals surface area contributed by atoms with Gasteiger partial charge in [0, 0.05) is 11.3 Å². The van der Waals surface area contributed by atoms with E-state index in [1.165, 1.54) is 13.2 Å². The van der Waals surface area contributed by atoms with Crippen LogP contribution in [-0.4, -0.2) is 26.1 Å². The van der Waals surface area contributed by atoms with E-state index in [2.05, 4.69) is 5.32 Å². The van der Waals surface area contributed by atoms with Gasteiger partial charge in [-0.25, -0.2) is 4.79 Å². The molecule has 0 saturated heterocycles. The average Bonchev–Trinajstić information content (AvgIpc) is 2.86. The number of carbonyl (C=O) groups excluding carboxylic acids is 2. The van der Waals surface area contributed by atoms with E-state index in [1.807, 2.05) is 6.07 Å². The number of hydrogen-bond acceptors (Lipinski definition) is 6. The molecule has 3 rings (SSSR count). The Morgan fingerprint density at radius 3 is 2.30 bits per heavy atom. The van der Waals surface area contributed by atoms with E-state index in [9.17, 15) is 14.9 Å². The first-order valence-corrected chi connectivity index (χ1v) is 10.0. The zero-order valence-corrected chi connectivity index (χ0v) is 18.2. The first-order chi connectivity index (χ1) is 16.0. The number of nitriles is 1. The molecule has 0 aromatic heterocycles. The van der Waals surface area contributed by atoms with E-state index in [1.54, 1.807) is 79.9 Å². The van der Waals surface area contributed by atoms with Crippen LogP contribution in [0.2, 0.25) is 0 Å². The second-order valence-corrected chi connectivity index (χ2v) is 6.87. The molecule has 166 valence electrons. The lowest BCUT2D eigenvalue weighted by molar-refractivity contribution is -0.112. The van der Waals surface area contributed by atoms with Gasteiger partial charge in [-0.2, -0.15) is 5.26 Å². The largest absolute Gasteiger partial charge is 0.497 e. The number of carbonyl (C=O) groups is 2. The molecule has 0 heterocycles. The number of anilines is 1. The van der Waals surface area contributed by atoms with Gasteiger partial charge in [0.2, 0.25) is 0 Å². The third kappa shape index (κ3) is 6.21. The lowest BCUT2D eigenvalue weighted by Crippen LogP contribution is -2.13. The summed E-state index contributed by atoms with van der Waals surface area (Å²) in [5.74, 6) is 0.236. The van der Waals surface area contributed by atoms with Crippen LogP contribution in [0.1, 0.15) is 21.5 Å². The summed E-state index contributed by atoms with van der Waals surface area (Å²) >= 11 is 0. The molecule has 0 radical (unpaired) electrons. The summed E-state index contributed by atoms with van der Waals surface area (Å²) in [6, 6.07) is 22.7. The number of ether oxygens (including phenoxy) is 3. The molecule has 1 N–H and O–H groups in total. The molecule has 1 amide bonds. The first kappa shape index (κ1) is 23.1. The maximum atomic E-state index is 12.6. The summed E-state index contributed by atoms with van der Waals surface area (Å²) in [4.78, 5) is 24.1. The Morgan fingerprint density at radius 2 is 1.67 bits per heavy atom. The topological polar surface area (TPSA) is 97.7 Å². The van der Waals surface area contributed by atoms with Crippen molar-refractivity contribution in [3.05, 3.63) is 95.1 Å². The van der Waals surface area contributed by atoms with Crippen molar-refractivity contribution in [3.8, 4) is 17.6 Å². The molecule has 0 spiro atoms. The standard InChI is InChI=1S/C26H22N2O5/c1-31-23-13-11-22(12-14-23)28-25(29)21(16-27)15-20-5-3-4-6-24(20)33-17-18-7-9-19(10-8-18)26(30)32-2/h3-15H,17H2,1-2H3,(H,28,29)/b21-15+. The molecule has 7 heteroatoms. The van der Waals surface area contributed by atoms with Gasteiger partial charge < -0.3 is 19.5 Å². The van der Waals surface area contributed by atoms with Crippen LogP contribution in [0.4, 0.5) is 5.69 Å². The fraction of sp³-hybridized carbons (Fsp3) is 0.115. The van der Waals surface area contributed by atoms with Crippen LogP contribution in [-0.2, 0) is 16.1 Å². The monoisotopic (exact) mass is 442 g/mol. The SMILES string of the molecule is COC(=O)c1ccc(COc2ccccc2/C=C(\C#N)C(=O)Nc2ccc(OC)cc2)cc1. The quantitative estimate of drug-likeness (QED) is 0.311. The first-order valence-electron chi connectivity index (χ1n) is 10.0. The van der Waals surface area contributed by atoms with Crippen LogP contribution in [0, 0.1) is 11.3 Å². The fourth-order valence-electron chi connectivity index (χ4n) is 2.92. The summed E-state index contributed by atoms with van der Waals surface area (Å²) in [5, 5.41) is 12.2. The van der Waals surface area contributed by atoms with Gasteiger partial charge in [-0.15, -0.1) is 0 Å². The number of para-hydroxylation sites is 1. The molecule has 0 aliphatic carbocycles. The van der Waals surface area contributed by atoms with Crippen LogP contribution in [0.3, 0.4) is 0 Å². The number of amides is 1. The summed E-state index contributed by atoms with van der Waals surface area (Å²) in [5.41, 5.74) is 2.36. The van der Waals surface area contributed by atoms with E-state index in [0.29, 0.717) is 28.3 Å². The van der Waals surface area contributed by atoms with Crippen molar-refractivity contribution in [2.45, 2.75) is 6.61 Å². The van der Waals surface area contributed by atoms with E-state index in [4.69, 9.17) is 14.2 Å². The summed E-state index contributed by atoms with van der Waals surface area (Å²) < 4.78 is 15.7. The summed E-state index contributed by atoms with van der Waals surface area (Å²) in [6.07, 6.45) is 1.48. The molecular formula is C26H22N2O5. The normalized spacial score (nSPS) is 10.6. The van der Waals surface area contributed by atoms with Crippen LogP contribution in [0.5, 0.6) is 11.5 Å². The van der Waals surface area contributed by atoms with Crippen molar-refractivity contribution >= 4 is 23.6 Å². The van der Waals surface area contributed by atoms with Crippen LogP contribution >= 0.6 is 0 Å². The average molecular weight is 442 g/mol. The van der Waals surface area contributed by atoms with Crippen LogP contribution < -0.4 is 14.8 Å². The number of nitrogens with zero attached hydrogens (tertiary/aromatic N) is 1. The number of hydrogen-bond donors (Lipinski definition) is 1. The van der Waals surface area contributed by atoms with E-state index in [0.717, 1.165) is 5.56 Å². The Kier molecular flexibility index (Phi) is 7.81. The minimum Gasteiger partial charge on any atom is -0.497 e. The molecule has 0 bridgehead atoms. The number of benzene rings is 3. The number of rotatable bonds is 8. The molecule has 0 saturated carbocycles. The Hall–Kier alpha value is -4.57. The Bertz CT molecular complexity index is 1190. The minimum atomic E-state index is -0.532. The summed E-state index contributed by atoms with van der Waals surface area (Å²) in [6.45, 7) is 0.242. The van der Waals surface area contributed by atoms with Gasteiger partial charge in [-0.3, -0.25) is 4.79 Å².